The van der Waals surface area contributed by atoms with E-state index in [-0.39, 0.29) is 11.9 Å². The summed E-state index contributed by atoms with van der Waals surface area (Å²) in [6.07, 6.45) is 1.98. The lowest BCUT2D eigenvalue weighted by atomic mass is 9.90. The fourth-order valence-corrected chi connectivity index (χ4v) is 3.39. The maximum Gasteiger partial charge on any atom is 0.129 e. The molecule has 1 aliphatic rings. The first-order chi connectivity index (χ1) is 9.69. The van der Waals surface area contributed by atoms with Crippen LogP contribution in [-0.2, 0) is 12.8 Å². The molecule has 104 valence electrons. The average molecular weight is 290 g/mol. The van der Waals surface area contributed by atoms with Gasteiger partial charge in [-0.2, -0.15) is 0 Å². The van der Waals surface area contributed by atoms with Gasteiger partial charge in [-0.3, -0.25) is 0 Å². The van der Waals surface area contributed by atoms with Crippen molar-refractivity contribution in [3.05, 3.63) is 70.0 Å². The molecule has 0 amide bonds. The number of fused-ring (bicyclic) bond motifs is 1. The second-order valence-corrected chi connectivity index (χ2v) is 5.81. The van der Waals surface area contributed by atoms with E-state index in [0.717, 1.165) is 12.8 Å². The lowest BCUT2D eigenvalue weighted by Crippen LogP contribution is -2.26. The van der Waals surface area contributed by atoms with Crippen molar-refractivity contribution in [2.24, 2.45) is 5.92 Å². The molecule has 0 spiro atoms. The largest absolute Gasteiger partial charge is 0.313 e. The Labute approximate surface area is 123 Å². The molecule has 1 unspecified atom stereocenters. The lowest BCUT2D eigenvalue weighted by molar-refractivity contribution is 0.384. The van der Waals surface area contributed by atoms with Crippen LogP contribution in [0.25, 0.3) is 0 Å². The second kappa shape index (κ2) is 5.55. The van der Waals surface area contributed by atoms with Gasteiger partial charge in [0.2, 0.25) is 0 Å². The van der Waals surface area contributed by atoms with Crippen molar-refractivity contribution >= 4 is 11.6 Å². The first-order valence-corrected chi connectivity index (χ1v) is 7.26. The third kappa shape index (κ3) is 2.46. The topological polar surface area (TPSA) is 12.0 Å². The predicted molar refractivity (Wildman–Crippen MR) is 80.6 cm³/mol. The second-order valence-electron chi connectivity index (χ2n) is 5.37. The van der Waals surface area contributed by atoms with Gasteiger partial charge in [0, 0.05) is 16.6 Å². The van der Waals surface area contributed by atoms with Gasteiger partial charge in [-0.25, -0.2) is 4.39 Å². The highest BCUT2D eigenvalue weighted by atomic mass is 35.5. The maximum absolute atomic E-state index is 14.1. The first-order valence-electron chi connectivity index (χ1n) is 6.88. The Morgan fingerprint density at radius 3 is 2.35 bits per heavy atom. The molecule has 0 bridgehead atoms. The summed E-state index contributed by atoms with van der Waals surface area (Å²) in [6.45, 7) is 0. The van der Waals surface area contributed by atoms with Gasteiger partial charge in [-0.1, -0.05) is 41.9 Å². The number of benzene rings is 2. The molecule has 0 radical (unpaired) electrons. The summed E-state index contributed by atoms with van der Waals surface area (Å²) < 4.78 is 14.1. The molecule has 0 heterocycles. The fourth-order valence-electron chi connectivity index (χ4n) is 3.23. The van der Waals surface area contributed by atoms with E-state index in [1.165, 1.54) is 17.2 Å². The van der Waals surface area contributed by atoms with Crippen molar-refractivity contribution in [3.63, 3.8) is 0 Å². The van der Waals surface area contributed by atoms with E-state index in [0.29, 0.717) is 16.5 Å². The Morgan fingerprint density at radius 2 is 1.80 bits per heavy atom. The molecule has 1 atom stereocenters. The van der Waals surface area contributed by atoms with Crippen LogP contribution in [0.4, 0.5) is 4.39 Å². The first kappa shape index (κ1) is 13.6. The predicted octanol–water partition coefficient (Wildman–Crippen LogP) is 4.15. The average Bonchev–Trinajstić information content (AvgIpc) is 2.85. The van der Waals surface area contributed by atoms with Crippen LogP contribution in [0.1, 0.15) is 22.7 Å². The molecule has 3 rings (SSSR count). The zero-order valence-electron chi connectivity index (χ0n) is 11.4. The molecule has 0 saturated carbocycles. The van der Waals surface area contributed by atoms with Crippen LogP contribution in [0.2, 0.25) is 5.02 Å². The Morgan fingerprint density at radius 1 is 1.15 bits per heavy atom. The summed E-state index contributed by atoms with van der Waals surface area (Å²) in [5.74, 6) is 0.154. The van der Waals surface area contributed by atoms with Crippen molar-refractivity contribution in [1.29, 1.82) is 0 Å². The van der Waals surface area contributed by atoms with Gasteiger partial charge in [-0.15, -0.1) is 0 Å². The number of halogens is 2. The molecule has 2 aromatic carbocycles. The van der Waals surface area contributed by atoms with E-state index in [1.54, 1.807) is 12.1 Å². The van der Waals surface area contributed by atoms with E-state index in [1.807, 2.05) is 7.05 Å². The Kier molecular flexibility index (Phi) is 3.77. The minimum Gasteiger partial charge on any atom is -0.313 e. The molecule has 0 fully saturated rings. The van der Waals surface area contributed by atoms with Gasteiger partial charge in [0.25, 0.3) is 0 Å². The summed E-state index contributed by atoms with van der Waals surface area (Å²) in [5, 5.41) is 3.71. The zero-order chi connectivity index (χ0) is 14.1. The molecular weight excluding hydrogens is 273 g/mol. The fraction of sp³-hybridized carbons (Fsp3) is 0.294. The highest BCUT2D eigenvalue weighted by Crippen LogP contribution is 2.36. The van der Waals surface area contributed by atoms with Gasteiger partial charge >= 0.3 is 0 Å². The van der Waals surface area contributed by atoms with Crippen LogP contribution >= 0.6 is 11.6 Å². The van der Waals surface area contributed by atoms with E-state index < -0.39 is 0 Å². The van der Waals surface area contributed by atoms with E-state index in [9.17, 15) is 4.39 Å². The van der Waals surface area contributed by atoms with E-state index in [4.69, 9.17) is 11.6 Å². The summed E-state index contributed by atoms with van der Waals surface area (Å²) in [6, 6.07) is 13.4. The normalized spacial score (nSPS) is 16.1. The number of hydrogen-bond donors (Lipinski definition) is 1. The molecule has 1 N–H and O–H groups in total. The molecule has 1 nitrogen and oxygen atoms in total. The van der Waals surface area contributed by atoms with Crippen molar-refractivity contribution in [2.75, 3.05) is 7.05 Å². The van der Waals surface area contributed by atoms with Crippen LogP contribution < -0.4 is 5.32 Å². The van der Waals surface area contributed by atoms with Gasteiger partial charge in [0.1, 0.15) is 5.82 Å². The third-order valence-electron chi connectivity index (χ3n) is 4.16. The lowest BCUT2D eigenvalue weighted by Gasteiger charge is -2.24. The summed E-state index contributed by atoms with van der Waals surface area (Å²) in [4.78, 5) is 0. The van der Waals surface area contributed by atoms with Gasteiger partial charge in [0.15, 0.2) is 0 Å². The smallest absolute Gasteiger partial charge is 0.129 e. The van der Waals surface area contributed by atoms with Gasteiger partial charge < -0.3 is 5.32 Å². The van der Waals surface area contributed by atoms with Gasteiger partial charge in [0.05, 0.1) is 0 Å². The quantitative estimate of drug-likeness (QED) is 0.895. The Hall–Kier alpha value is -1.38. The minimum absolute atomic E-state index is 0.0136. The van der Waals surface area contributed by atoms with Crippen LogP contribution in [0.3, 0.4) is 0 Å². The number of nitrogens with one attached hydrogen (secondary N) is 1. The Balaban J connectivity index is 1.89. The van der Waals surface area contributed by atoms with Crippen LogP contribution in [0.5, 0.6) is 0 Å². The summed E-state index contributed by atoms with van der Waals surface area (Å²) >= 11 is 5.84. The van der Waals surface area contributed by atoms with Crippen molar-refractivity contribution < 1.29 is 4.39 Å². The monoisotopic (exact) mass is 289 g/mol. The van der Waals surface area contributed by atoms with E-state index >= 15 is 0 Å². The molecule has 0 aromatic heterocycles. The van der Waals surface area contributed by atoms with Crippen molar-refractivity contribution in [1.82, 2.24) is 5.32 Å². The van der Waals surface area contributed by atoms with Crippen molar-refractivity contribution in [2.45, 2.75) is 18.9 Å². The highest BCUT2D eigenvalue weighted by Gasteiger charge is 2.30. The molecule has 20 heavy (non-hydrogen) atoms. The van der Waals surface area contributed by atoms with E-state index in [2.05, 4.69) is 29.6 Å². The summed E-state index contributed by atoms with van der Waals surface area (Å²) in [5.41, 5.74) is 3.47. The highest BCUT2D eigenvalue weighted by molar-refractivity contribution is 6.30. The van der Waals surface area contributed by atoms with Crippen LogP contribution in [0, 0.1) is 11.7 Å². The Bertz CT molecular complexity index is 601. The standard InChI is InChI=1S/C17H17ClFN/c1-20-17(15-7-6-14(18)10-16(15)19)13-8-11-4-2-3-5-12(11)9-13/h2-7,10,13,17,20H,8-9H2,1H3. The minimum atomic E-state index is -0.229. The zero-order valence-corrected chi connectivity index (χ0v) is 12.1. The molecule has 0 aliphatic heterocycles. The van der Waals surface area contributed by atoms with Crippen LogP contribution in [0.15, 0.2) is 42.5 Å². The van der Waals surface area contributed by atoms with Crippen LogP contribution in [-0.4, -0.2) is 7.05 Å². The molecule has 0 saturated heterocycles. The number of rotatable bonds is 3. The molecular formula is C17H17ClFN. The summed E-state index contributed by atoms with van der Waals surface area (Å²) in [7, 11) is 1.89. The van der Waals surface area contributed by atoms with Crippen molar-refractivity contribution in [3.8, 4) is 0 Å². The third-order valence-corrected chi connectivity index (χ3v) is 4.40. The SMILES string of the molecule is CNC(c1ccc(Cl)cc1F)C1Cc2ccccc2C1. The molecule has 2 aromatic rings. The number of hydrogen-bond acceptors (Lipinski definition) is 1. The van der Waals surface area contributed by atoms with Gasteiger partial charge in [-0.05, 0) is 49.1 Å². The molecule has 3 heteroatoms. The molecule has 1 aliphatic carbocycles. The maximum atomic E-state index is 14.1.